The summed E-state index contributed by atoms with van der Waals surface area (Å²) in [4.78, 5) is 0. The second-order valence-electron chi connectivity index (χ2n) is 3.79. The van der Waals surface area contributed by atoms with Crippen molar-refractivity contribution in [3.8, 4) is 16.3 Å². The third-order valence-corrected chi connectivity index (χ3v) is 3.17. The van der Waals surface area contributed by atoms with Crippen molar-refractivity contribution < 1.29 is 4.74 Å². The van der Waals surface area contributed by atoms with Gasteiger partial charge in [0.15, 0.2) is 0 Å². The van der Waals surface area contributed by atoms with Gasteiger partial charge in [0.1, 0.15) is 10.8 Å². The third kappa shape index (κ3) is 1.99. The second kappa shape index (κ2) is 3.75. The van der Waals surface area contributed by atoms with E-state index < -0.39 is 0 Å². The van der Waals surface area contributed by atoms with Gasteiger partial charge in [-0.25, -0.2) is 0 Å². The molecule has 0 atom stereocenters. The highest BCUT2D eigenvalue weighted by Gasteiger charge is 2.23. The molecule has 1 saturated carbocycles. The molecule has 0 bridgehead atoms. The Kier molecular flexibility index (Phi) is 2.25. The van der Waals surface area contributed by atoms with Gasteiger partial charge in [0.05, 0.1) is 6.10 Å². The normalized spacial score (nSPS) is 15.0. The Morgan fingerprint density at radius 3 is 2.50 bits per heavy atom. The summed E-state index contributed by atoms with van der Waals surface area (Å²) in [6, 6.07) is 7.89. The number of benzene rings is 1. The number of nitrogen functional groups attached to an aromatic ring is 1. The predicted octanol–water partition coefficient (Wildman–Crippen LogP) is 2.33. The summed E-state index contributed by atoms with van der Waals surface area (Å²) in [5.41, 5.74) is 6.57. The molecule has 1 aliphatic rings. The van der Waals surface area contributed by atoms with E-state index in [0.29, 0.717) is 11.2 Å². The largest absolute Gasteiger partial charge is 0.490 e. The van der Waals surface area contributed by atoms with Crippen LogP contribution in [0.2, 0.25) is 0 Å². The number of aromatic nitrogens is 2. The Labute approximate surface area is 97.1 Å². The van der Waals surface area contributed by atoms with E-state index in [1.165, 1.54) is 24.2 Å². The van der Waals surface area contributed by atoms with Gasteiger partial charge in [0.25, 0.3) is 0 Å². The number of nitrogens with zero attached hydrogens (tertiary/aromatic N) is 2. The Morgan fingerprint density at radius 2 is 1.94 bits per heavy atom. The molecule has 82 valence electrons. The lowest BCUT2D eigenvalue weighted by Crippen LogP contribution is -1.95. The van der Waals surface area contributed by atoms with E-state index in [2.05, 4.69) is 10.2 Å². The molecule has 1 fully saturated rings. The van der Waals surface area contributed by atoms with Gasteiger partial charge >= 0.3 is 0 Å². The zero-order chi connectivity index (χ0) is 11.0. The van der Waals surface area contributed by atoms with Gasteiger partial charge in [0, 0.05) is 5.56 Å². The molecule has 0 amide bonds. The molecule has 0 saturated heterocycles. The van der Waals surface area contributed by atoms with Crippen molar-refractivity contribution in [2.75, 3.05) is 5.73 Å². The van der Waals surface area contributed by atoms with Crippen molar-refractivity contribution in [3.63, 3.8) is 0 Å². The zero-order valence-corrected chi connectivity index (χ0v) is 9.41. The van der Waals surface area contributed by atoms with Gasteiger partial charge in [-0.2, -0.15) is 0 Å². The van der Waals surface area contributed by atoms with E-state index in [-0.39, 0.29) is 0 Å². The van der Waals surface area contributed by atoms with E-state index in [4.69, 9.17) is 10.5 Å². The lowest BCUT2D eigenvalue weighted by Gasteiger charge is -2.03. The van der Waals surface area contributed by atoms with Crippen LogP contribution in [0.5, 0.6) is 5.75 Å². The molecular formula is C11H11N3OS. The van der Waals surface area contributed by atoms with Crippen LogP contribution in [0.3, 0.4) is 0 Å². The lowest BCUT2D eigenvalue weighted by atomic mass is 10.2. The first-order valence-corrected chi connectivity index (χ1v) is 5.99. The van der Waals surface area contributed by atoms with Crippen LogP contribution in [-0.4, -0.2) is 16.3 Å². The molecule has 2 N–H and O–H groups in total. The average Bonchev–Trinajstić information content (AvgIpc) is 3.00. The maximum absolute atomic E-state index is 5.66. The summed E-state index contributed by atoms with van der Waals surface area (Å²) in [5, 5.41) is 9.12. The van der Waals surface area contributed by atoms with Crippen molar-refractivity contribution >= 4 is 16.5 Å². The molecule has 0 aliphatic heterocycles. The molecule has 5 heteroatoms. The van der Waals surface area contributed by atoms with Crippen molar-refractivity contribution in [2.24, 2.45) is 0 Å². The SMILES string of the molecule is Nc1nnc(-c2ccc(OC3CC3)cc2)s1. The van der Waals surface area contributed by atoms with E-state index in [9.17, 15) is 0 Å². The summed E-state index contributed by atoms with van der Waals surface area (Å²) in [6.07, 6.45) is 2.78. The Morgan fingerprint density at radius 1 is 1.19 bits per heavy atom. The van der Waals surface area contributed by atoms with E-state index >= 15 is 0 Å². The Bertz CT molecular complexity index is 490. The molecule has 1 aromatic heterocycles. The van der Waals surface area contributed by atoms with Gasteiger partial charge in [0.2, 0.25) is 5.13 Å². The first-order chi connectivity index (χ1) is 7.81. The lowest BCUT2D eigenvalue weighted by molar-refractivity contribution is 0.303. The topological polar surface area (TPSA) is 61.0 Å². The fourth-order valence-electron chi connectivity index (χ4n) is 1.41. The summed E-state index contributed by atoms with van der Waals surface area (Å²) in [5.74, 6) is 0.920. The summed E-state index contributed by atoms with van der Waals surface area (Å²) in [6.45, 7) is 0. The van der Waals surface area contributed by atoms with Crippen LogP contribution in [-0.2, 0) is 0 Å². The van der Waals surface area contributed by atoms with E-state index in [1.54, 1.807) is 0 Å². The molecule has 1 heterocycles. The van der Waals surface area contributed by atoms with E-state index in [0.717, 1.165) is 16.3 Å². The molecule has 4 nitrogen and oxygen atoms in total. The molecular weight excluding hydrogens is 222 g/mol. The van der Waals surface area contributed by atoms with Crippen LogP contribution in [0.4, 0.5) is 5.13 Å². The zero-order valence-electron chi connectivity index (χ0n) is 8.59. The maximum atomic E-state index is 5.66. The van der Waals surface area contributed by atoms with Crippen molar-refractivity contribution in [1.82, 2.24) is 10.2 Å². The average molecular weight is 233 g/mol. The molecule has 1 aliphatic carbocycles. The van der Waals surface area contributed by atoms with Gasteiger partial charge in [-0.15, -0.1) is 10.2 Å². The highest BCUT2D eigenvalue weighted by molar-refractivity contribution is 7.18. The fraction of sp³-hybridized carbons (Fsp3) is 0.273. The van der Waals surface area contributed by atoms with Gasteiger partial charge in [-0.05, 0) is 37.1 Å². The molecule has 0 unspecified atom stereocenters. The molecule has 1 aromatic carbocycles. The van der Waals surface area contributed by atoms with Crippen molar-refractivity contribution in [2.45, 2.75) is 18.9 Å². The van der Waals surface area contributed by atoms with Crippen molar-refractivity contribution in [3.05, 3.63) is 24.3 Å². The number of rotatable bonds is 3. The number of hydrogen-bond donors (Lipinski definition) is 1. The fourth-order valence-corrected chi connectivity index (χ4v) is 2.02. The van der Waals surface area contributed by atoms with Crippen LogP contribution in [0.1, 0.15) is 12.8 Å². The van der Waals surface area contributed by atoms with Crippen LogP contribution in [0.15, 0.2) is 24.3 Å². The summed E-state index contributed by atoms with van der Waals surface area (Å²) < 4.78 is 5.66. The maximum Gasteiger partial charge on any atom is 0.203 e. The van der Waals surface area contributed by atoms with Crippen LogP contribution >= 0.6 is 11.3 Å². The molecule has 0 radical (unpaired) electrons. The Hall–Kier alpha value is -1.62. The van der Waals surface area contributed by atoms with Gasteiger partial charge in [-0.3, -0.25) is 0 Å². The quantitative estimate of drug-likeness (QED) is 0.883. The highest BCUT2D eigenvalue weighted by Crippen LogP contribution is 2.29. The van der Waals surface area contributed by atoms with Crippen LogP contribution in [0.25, 0.3) is 10.6 Å². The first-order valence-electron chi connectivity index (χ1n) is 5.17. The monoisotopic (exact) mass is 233 g/mol. The molecule has 3 rings (SSSR count). The van der Waals surface area contributed by atoms with Gasteiger partial charge < -0.3 is 10.5 Å². The minimum Gasteiger partial charge on any atom is -0.490 e. The molecule has 2 aromatic rings. The number of anilines is 1. The van der Waals surface area contributed by atoms with Crippen LogP contribution < -0.4 is 10.5 Å². The van der Waals surface area contributed by atoms with Crippen LogP contribution in [0, 0.1) is 0 Å². The number of hydrogen-bond acceptors (Lipinski definition) is 5. The Balaban J connectivity index is 1.80. The third-order valence-electron chi connectivity index (χ3n) is 2.37. The highest BCUT2D eigenvalue weighted by atomic mass is 32.1. The minimum atomic E-state index is 0.433. The molecule has 16 heavy (non-hydrogen) atoms. The van der Waals surface area contributed by atoms with Gasteiger partial charge in [-0.1, -0.05) is 11.3 Å². The first kappa shape index (κ1) is 9.59. The van der Waals surface area contributed by atoms with Crippen molar-refractivity contribution in [1.29, 1.82) is 0 Å². The number of nitrogens with two attached hydrogens (primary N) is 1. The second-order valence-corrected chi connectivity index (χ2v) is 4.80. The number of ether oxygens (including phenoxy) is 1. The minimum absolute atomic E-state index is 0.433. The summed E-state index contributed by atoms with van der Waals surface area (Å²) in [7, 11) is 0. The smallest absolute Gasteiger partial charge is 0.203 e. The van der Waals surface area contributed by atoms with E-state index in [1.807, 2.05) is 24.3 Å². The molecule has 0 spiro atoms. The standard InChI is InChI=1S/C11H11N3OS/c12-11-14-13-10(16-11)7-1-3-8(4-2-7)15-9-5-6-9/h1-4,9H,5-6H2,(H2,12,14). The predicted molar refractivity (Wildman–Crippen MR) is 63.4 cm³/mol. The summed E-state index contributed by atoms with van der Waals surface area (Å²) >= 11 is 1.39.